The third-order valence-corrected chi connectivity index (χ3v) is 4.78. The standard InChI is InChI=1S/C15H28F2N2/c1-2-6-13-9-18-14(10-19(13)11-15(16)17)12-7-4-3-5-8-12/h12-15,18H,2-11H2,1H3. The largest absolute Gasteiger partial charge is 0.311 e. The fourth-order valence-electron chi connectivity index (χ4n) is 3.75. The molecular formula is C15H28F2N2. The first-order chi connectivity index (χ1) is 9.20. The average Bonchev–Trinajstić information content (AvgIpc) is 2.41. The number of hydrogen-bond donors (Lipinski definition) is 1. The summed E-state index contributed by atoms with van der Waals surface area (Å²) in [5, 5.41) is 3.64. The van der Waals surface area contributed by atoms with Crippen LogP contribution in [0.3, 0.4) is 0 Å². The number of nitrogens with one attached hydrogen (secondary N) is 1. The van der Waals surface area contributed by atoms with Gasteiger partial charge in [0.25, 0.3) is 6.43 Å². The smallest absolute Gasteiger partial charge is 0.251 e. The number of piperazine rings is 1. The highest BCUT2D eigenvalue weighted by Crippen LogP contribution is 2.29. The highest BCUT2D eigenvalue weighted by Gasteiger charge is 2.33. The predicted octanol–water partition coefficient (Wildman–Crippen LogP) is 3.27. The van der Waals surface area contributed by atoms with Crippen LogP contribution in [0, 0.1) is 5.92 Å². The lowest BCUT2D eigenvalue weighted by Crippen LogP contribution is -2.59. The molecule has 2 unspecified atom stereocenters. The molecule has 0 aromatic heterocycles. The van der Waals surface area contributed by atoms with Crippen LogP contribution in [0.1, 0.15) is 51.9 Å². The van der Waals surface area contributed by atoms with Gasteiger partial charge in [-0.1, -0.05) is 32.6 Å². The Morgan fingerprint density at radius 2 is 1.95 bits per heavy atom. The normalized spacial score (nSPS) is 30.9. The lowest BCUT2D eigenvalue weighted by molar-refractivity contribution is 0.0284. The monoisotopic (exact) mass is 274 g/mol. The second kappa shape index (κ2) is 7.53. The molecule has 2 nitrogen and oxygen atoms in total. The summed E-state index contributed by atoms with van der Waals surface area (Å²) < 4.78 is 25.5. The van der Waals surface area contributed by atoms with Crippen LogP contribution < -0.4 is 5.32 Å². The molecule has 1 saturated carbocycles. The summed E-state index contributed by atoms with van der Waals surface area (Å²) >= 11 is 0. The average molecular weight is 274 g/mol. The molecule has 2 rings (SSSR count). The van der Waals surface area contributed by atoms with Crippen molar-refractivity contribution in [2.24, 2.45) is 5.92 Å². The van der Waals surface area contributed by atoms with E-state index in [1.54, 1.807) is 0 Å². The molecule has 0 bridgehead atoms. The highest BCUT2D eigenvalue weighted by atomic mass is 19.3. The van der Waals surface area contributed by atoms with Gasteiger partial charge in [0.1, 0.15) is 0 Å². The van der Waals surface area contributed by atoms with Gasteiger partial charge in [-0.2, -0.15) is 0 Å². The summed E-state index contributed by atoms with van der Waals surface area (Å²) in [6, 6.07) is 0.742. The van der Waals surface area contributed by atoms with Gasteiger partial charge in [-0.25, -0.2) is 8.78 Å². The second-order valence-electron chi connectivity index (χ2n) is 6.20. The zero-order valence-electron chi connectivity index (χ0n) is 12.1. The van der Waals surface area contributed by atoms with Crippen molar-refractivity contribution in [2.75, 3.05) is 19.6 Å². The fourth-order valence-corrected chi connectivity index (χ4v) is 3.75. The molecule has 1 saturated heterocycles. The third-order valence-electron chi connectivity index (χ3n) is 4.78. The molecule has 1 aliphatic heterocycles. The van der Waals surface area contributed by atoms with Crippen molar-refractivity contribution < 1.29 is 8.78 Å². The summed E-state index contributed by atoms with van der Waals surface area (Å²) in [6.45, 7) is 3.80. The van der Waals surface area contributed by atoms with Crippen molar-refractivity contribution in [1.82, 2.24) is 10.2 Å². The molecule has 0 spiro atoms. The number of hydrogen-bond acceptors (Lipinski definition) is 2. The summed E-state index contributed by atoms with van der Waals surface area (Å²) in [7, 11) is 0. The van der Waals surface area contributed by atoms with E-state index in [-0.39, 0.29) is 6.54 Å². The molecule has 2 aliphatic rings. The Morgan fingerprint density at radius 1 is 1.21 bits per heavy atom. The van der Waals surface area contributed by atoms with Gasteiger partial charge in [-0.3, -0.25) is 4.90 Å². The van der Waals surface area contributed by atoms with Gasteiger partial charge >= 0.3 is 0 Å². The topological polar surface area (TPSA) is 15.3 Å². The van der Waals surface area contributed by atoms with Gasteiger partial charge in [0.05, 0.1) is 6.54 Å². The Balaban J connectivity index is 1.90. The minimum Gasteiger partial charge on any atom is -0.311 e. The molecule has 112 valence electrons. The molecule has 1 heterocycles. The van der Waals surface area contributed by atoms with Crippen LogP contribution in [-0.2, 0) is 0 Å². The lowest BCUT2D eigenvalue weighted by Gasteiger charge is -2.44. The highest BCUT2D eigenvalue weighted by molar-refractivity contribution is 4.90. The molecule has 0 radical (unpaired) electrons. The van der Waals surface area contributed by atoms with E-state index in [1.807, 2.05) is 4.90 Å². The van der Waals surface area contributed by atoms with Crippen molar-refractivity contribution >= 4 is 0 Å². The maximum atomic E-state index is 12.7. The third kappa shape index (κ3) is 4.38. The van der Waals surface area contributed by atoms with Crippen LogP contribution >= 0.6 is 0 Å². The Morgan fingerprint density at radius 3 is 2.58 bits per heavy atom. The number of alkyl halides is 2. The van der Waals surface area contributed by atoms with E-state index in [0.717, 1.165) is 25.9 Å². The number of nitrogens with zero attached hydrogens (tertiary/aromatic N) is 1. The van der Waals surface area contributed by atoms with Gasteiger partial charge < -0.3 is 5.32 Å². The van der Waals surface area contributed by atoms with Crippen LogP contribution in [0.5, 0.6) is 0 Å². The van der Waals surface area contributed by atoms with Gasteiger partial charge in [0, 0.05) is 25.2 Å². The maximum absolute atomic E-state index is 12.7. The van der Waals surface area contributed by atoms with Crippen molar-refractivity contribution in [3.8, 4) is 0 Å². The molecule has 19 heavy (non-hydrogen) atoms. The molecule has 1 aliphatic carbocycles. The van der Waals surface area contributed by atoms with Gasteiger partial charge in [0.15, 0.2) is 0 Å². The minimum atomic E-state index is -2.20. The van der Waals surface area contributed by atoms with E-state index in [9.17, 15) is 8.78 Å². The van der Waals surface area contributed by atoms with Crippen LogP contribution in [0.25, 0.3) is 0 Å². The fraction of sp³-hybridized carbons (Fsp3) is 1.00. The number of halogens is 2. The molecule has 2 atom stereocenters. The van der Waals surface area contributed by atoms with Crippen LogP contribution in [-0.4, -0.2) is 43.0 Å². The van der Waals surface area contributed by atoms with Crippen LogP contribution in [0.4, 0.5) is 8.78 Å². The maximum Gasteiger partial charge on any atom is 0.251 e. The second-order valence-corrected chi connectivity index (χ2v) is 6.20. The van der Waals surface area contributed by atoms with Crippen LogP contribution in [0.15, 0.2) is 0 Å². The lowest BCUT2D eigenvalue weighted by atomic mass is 9.82. The van der Waals surface area contributed by atoms with E-state index in [4.69, 9.17) is 0 Å². The summed E-state index contributed by atoms with van der Waals surface area (Å²) in [4.78, 5) is 2.05. The zero-order chi connectivity index (χ0) is 13.7. The molecule has 4 heteroatoms. The Hall–Kier alpha value is -0.220. The van der Waals surface area contributed by atoms with E-state index in [0.29, 0.717) is 18.0 Å². The van der Waals surface area contributed by atoms with Crippen molar-refractivity contribution in [3.63, 3.8) is 0 Å². The van der Waals surface area contributed by atoms with E-state index >= 15 is 0 Å². The summed E-state index contributed by atoms with van der Waals surface area (Å²) in [6.07, 6.45) is 6.42. The quantitative estimate of drug-likeness (QED) is 0.827. The number of rotatable bonds is 5. The SMILES string of the molecule is CCCC1CNC(C2CCCCC2)CN1CC(F)F. The molecule has 0 aromatic carbocycles. The minimum absolute atomic E-state index is 0.0461. The Labute approximate surface area is 115 Å². The van der Waals surface area contributed by atoms with Gasteiger partial charge in [0.2, 0.25) is 0 Å². The molecule has 0 amide bonds. The molecule has 2 fully saturated rings. The molecule has 1 N–H and O–H groups in total. The first-order valence-corrected chi connectivity index (χ1v) is 7.96. The van der Waals surface area contributed by atoms with E-state index in [1.165, 1.54) is 32.1 Å². The van der Waals surface area contributed by atoms with Crippen molar-refractivity contribution in [1.29, 1.82) is 0 Å². The van der Waals surface area contributed by atoms with Crippen molar-refractivity contribution in [2.45, 2.75) is 70.4 Å². The zero-order valence-corrected chi connectivity index (χ0v) is 12.1. The first-order valence-electron chi connectivity index (χ1n) is 7.96. The summed E-state index contributed by atoms with van der Waals surface area (Å²) in [5.74, 6) is 0.705. The van der Waals surface area contributed by atoms with E-state index < -0.39 is 6.43 Å². The summed E-state index contributed by atoms with van der Waals surface area (Å²) in [5.41, 5.74) is 0. The first kappa shape index (κ1) is 15.2. The van der Waals surface area contributed by atoms with Gasteiger partial charge in [-0.15, -0.1) is 0 Å². The van der Waals surface area contributed by atoms with Crippen LogP contribution in [0.2, 0.25) is 0 Å². The molecule has 0 aromatic rings. The van der Waals surface area contributed by atoms with Crippen molar-refractivity contribution in [3.05, 3.63) is 0 Å². The van der Waals surface area contributed by atoms with E-state index in [2.05, 4.69) is 12.2 Å². The Kier molecular flexibility index (Phi) is 6.02. The Bertz CT molecular complexity index is 255. The molecular weight excluding hydrogens is 246 g/mol. The predicted molar refractivity (Wildman–Crippen MR) is 74.6 cm³/mol. The van der Waals surface area contributed by atoms with Gasteiger partial charge in [-0.05, 0) is 25.2 Å².